The van der Waals surface area contributed by atoms with E-state index in [-0.39, 0.29) is 0 Å². The molecule has 0 saturated carbocycles. The van der Waals surface area contributed by atoms with Gasteiger partial charge in [-0.2, -0.15) is 0 Å². The van der Waals surface area contributed by atoms with Crippen molar-refractivity contribution in [3.8, 4) is 0 Å². The van der Waals surface area contributed by atoms with Gasteiger partial charge in [0.1, 0.15) is 0 Å². The third-order valence-electron chi connectivity index (χ3n) is 2.19. The molecule has 2 nitrogen and oxygen atoms in total. The first-order valence-electron chi connectivity index (χ1n) is 4.22. The minimum absolute atomic E-state index is 0.391. The topological polar surface area (TPSA) is 47.7 Å². The van der Waals surface area contributed by atoms with Crippen LogP contribution in [0.3, 0.4) is 0 Å². The normalized spacial score (nSPS) is 19.3. The van der Waals surface area contributed by atoms with Crippen molar-refractivity contribution in [2.45, 2.75) is 20.3 Å². The van der Waals surface area contributed by atoms with Crippen molar-refractivity contribution in [1.29, 1.82) is 10.8 Å². The van der Waals surface area contributed by atoms with Crippen LogP contribution in [0.25, 0.3) is 0 Å². The monoisotopic (exact) mass is 162 g/mol. The van der Waals surface area contributed by atoms with E-state index < -0.39 is 0 Å². The number of allylic oxidation sites excluding steroid dienone is 4. The predicted octanol–water partition coefficient (Wildman–Crippen LogP) is 2.57. The Balaban J connectivity index is 2.88. The Kier molecular flexibility index (Phi) is 2.58. The van der Waals surface area contributed by atoms with Crippen molar-refractivity contribution in [2.24, 2.45) is 5.92 Å². The number of nitrogens with one attached hydrogen (secondary N) is 2. The molecule has 0 saturated heterocycles. The average Bonchev–Trinajstić information content (AvgIpc) is 2.08. The SMILES string of the molecule is CCC(C)C1=CC(=N)C=CC1=N. The van der Waals surface area contributed by atoms with Gasteiger partial charge in [0.15, 0.2) is 0 Å². The molecular weight excluding hydrogens is 148 g/mol. The molecule has 0 fully saturated rings. The fraction of sp³-hybridized carbons (Fsp3) is 0.400. The van der Waals surface area contributed by atoms with Gasteiger partial charge in [0.05, 0.1) is 11.4 Å². The lowest BCUT2D eigenvalue weighted by molar-refractivity contribution is 0.678. The summed E-state index contributed by atoms with van der Waals surface area (Å²) in [5.74, 6) is 0.391. The molecular formula is C10H14N2. The van der Waals surface area contributed by atoms with Crippen molar-refractivity contribution in [1.82, 2.24) is 0 Å². The lowest BCUT2D eigenvalue weighted by atomic mass is 9.90. The molecule has 0 aliphatic heterocycles. The Labute approximate surface area is 73.0 Å². The third-order valence-corrected chi connectivity index (χ3v) is 2.19. The zero-order valence-electron chi connectivity index (χ0n) is 7.52. The summed E-state index contributed by atoms with van der Waals surface area (Å²) in [5, 5.41) is 15.0. The van der Waals surface area contributed by atoms with Crippen molar-refractivity contribution < 1.29 is 0 Å². The van der Waals surface area contributed by atoms with E-state index in [4.69, 9.17) is 10.8 Å². The maximum atomic E-state index is 7.62. The molecule has 0 aromatic rings. The van der Waals surface area contributed by atoms with Gasteiger partial charge < -0.3 is 10.8 Å². The van der Waals surface area contributed by atoms with Crippen LogP contribution in [-0.2, 0) is 0 Å². The molecule has 1 aliphatic carbocycles. The van der Waals surface area contributed by atoms with Crippen LogP contribution < -0.4 is 0 Å². The molecule has 64 valence electrons. The Hall–Kier alpha value is -1.18. The van der Waals surface area contributed by atoms with E-state index in [1.165, 1.54) is 0 Å². The van der Waals surface area contributed by atoms with Crippen LogP contribution in [0.15, 0.2) is 23.8 Å². The van der Waals surface area contributed by atoms with Gasteiger partial charge in [-0.25, -0.2) is 0 Å². The third kappa shape index (κ3) is 1.70. The van der Waals surface area contributed by atoms with Crippen molar-refractivity contribution >= 4 is 11.4 Å². The zero-order valence-corrected chi connectivity index (χ0v) is 7.52. The summed E-state index contributed by atoms with van der Waals surface area (Å²) in [7, 11) is 0. The van der Waals surface area contributed by atoms with Gasteiger partial charge in [0.25, 0.3) is 0 Å². The second-order valence-corrected chi connectivity index (χ2v) is 3.11. The fourth-order valence-electron chi connectivity index (χ4n) is 1.19. The maximum Gasteiger partial charge on any atom is 0.0576 e. The molecule has 12 heavy (non-hydrogen) atoms. The zero-order chi connectivity index (χ0) is 9.14. The van der Waals surface area contributed by atoms with Gasteiger partial charge in [0.2, 0.25) is 0 Å². The molecule has 0 spiro atoms. The molecule has 0 radical (unpaired) electrons. The van der Waals surface area contributed by atoms with Crippen LogP contribution >= 0.6 is 0 Å². The van der Waals surface area contributed by atoms with E-state index in [0.29, 0.717) is 17.3 Å². The fourth-order valence-corrected chi connectivity index (χ4v) is 1.19. The van der Waals surface area contributed by atoms with E-state index >= 15 is 0 Å². The molecule has 1 rings (SSSR count). The van der Waals surface area contributed by atoms with Crippen LogP contribution in [0, 0.1) is 16.7 Å². The standard InChI is InChI=1S/C10H14N2/c1-3-7(2)9-6-8(11)4-5-10(9)12/h4-7,11-12H,3H2,1-2H3. The Morgan fingerprint density at radius 1 is 1.33 bits per heavy atom. The smallest absolute Gasteiger partial charge is 0.0576 e. The number of hydrogen-bond donors (Lipinski definition) is 2. The van der Waals surface area contributed by atoms with E-state index in [0.717, 1.165) is 12.0 Å². The molecule has 0 heterocycles. The molecule has 1 atom stereocenters. The summed E-state index contributed by atoms with van der Waals surface area (Å²) in [6.45, 7) is 4.19. The molecule has 2 heteroatoms. The maximum absolute atomic E-state index is 7.62. The molecule has 0 amide bonds. The molecule has 0 bridgehead atoms. The lowest BCUT2D eigenvalue weighted by Gasteiger charge is -2.15. The average molecular weight is 162 g/mol. The van der Waals surface area contributed by atoms with Crippen molar-refractivity contribution in [3.05, 3.63) is 23.8 Å². The summed E-state index contributed by atoms with van der Waals surface area (Å²) in [5.41, 5.74) is 2.05. The van der Waals surface area contributed by atoms with Crippen LogP contribution in [0.1, 0.15) is 20.3 Å². The van der Waals surface area contributed by atoms with E-state index in [1.54, 1.807) is 18.2 Å². The summed E-state index contributed by atoms with van der Waals surface area (Å²) in [6.07, 6.45) is 6.17. The minimum atomic E-state index is 0.391. The molecule has 2 N–H and O–H groups in total. The van der Waals surface area contributed by atoms with E-state index in [2.05, 4.69) is 13.8 Å². The first-order chi connectivity index (χ1) is 5.65. The quantitative estimate of drug-likeness (QED) is 0.586. The predicted molar refractivity (Wildman–Crippen MR) is 52.1 cm³/mol. The van der Waals surface area contributed by atoms with Crippen LogP contribution in [0.4, 0.5) is 0 Å². The Bertz CT molecular complexity index is 272. The van der Waals surface area contributed by atoms with Gasteiger partial charge in [-0.1, -0.05) is 13.8 Å². The number of rotatable bonds is 2. The summed E-state index contributed by atoms with van der Waals surface area (Å²) < 4.78 is 0. The molecule has 1 aliphatic rings. The summed E-state index contributed by atoms with van der Waals surface area (Å²) in [4.78, 5) is 0. The van der Waals surface area contributed by atoms with Gasteiger partial charge >= 0.3 is 0 Å². The lowest BCUT2D eigenvalue weighted by Crippen LogP contribution is -2.12. The summed E-state index contributed by atoms with van der Waals surface area (Å²) >= 11 is 0. The highest BCUT2D eigenvalue weighted by molar-refractivity contribution is 6.19. The largest absolute Gasteiger partial charge is 0.301 e. The van der Waals surface area contributed by atoms with E-state index in [9.17, 15) is 0 Å². The van der Waals surface area contributed by atoms with Gasteiger partial charge in [0, 0.05) is 0 Å². The minimum Gasteiger partial charge on any atom is -0.301 e. The van der Waals surface area contributed by atoms with Gasteiger partial charge in [-0.15, -0.1) is 0 Å². The van der Waals surface area contributed by atoms with Crippen LogP contribution in [0.2, 0.25) is 0 Å². The Morgan fingerprint density at radius 2 is 2.00 bits per heavy atom. The highest BCUT2D eigenvalue weighted by Gasteiger charge is 2.13. The van der Waals surface area contributed by atoms with Gasteiger partial charge in [-0.3, -0.25) is 0 Å². The molecule has 1 unspecified atom stereocenters. The Morgan fingerprint density at radius 3 is 2.58 bits per heavy atom. The number of hydrogen-bond acceptors (Lipinski definition) is 2. The van der Waals surface area contributed by atoms with Crippen molar-refractivity contribution in [2.75, 3.05) is 0 Å². The second-order valence-electron chi connectivity index (χ2n) is 3.11. The molecule has 0 aromatic heterocycles. The van der Waals surface area contributed by atoms with E-state index in [1.807, 2.05) is 0 Å². The first kappa shape index (κ1) is 8.91. The highest BCUT2D eigenvalue weighted by atomic mass is 14.5. The van der Waals surface area contributed by atoms with Gasteiger partial charge in [-0.05, 0) is 36.1 Å². The van der Waals surface area contributed by atoms with Crippen molar-refractivity contribution in [3.63, 3.8) is 0 Å². The van der Waals surface area contributed by atoms with Crippen LogP contribution in [0.5, 0.6) is 0 Å². The first-order valence-corrected chi connectivity index (χ1v) is 4.22. The summed E-state index contributed by atoms with van der Waals surface area (Å²) in [6, 6.07) is 0. The molecule has 0 aromatic carbocycles. The second kappa shape index (κ2) is 3.48. The highest BCUT2D eigenvalue weighted by Crippen LogP contribution is 2.18. The van der Waals surface area contributed by atoms with Crippen LogP contribution in [-0.4, -0.2) is 11.4 Å².